The number of imide groups is 1. The van der Waals surface area contributed by atoms with Crippen LogP contribution in [0, 0.1) is 0 Å². The zero-order valence-electron chi connectivity index (χ0n) is 24.4. The van der Waals surface area contributed by atoms with E-state index >= 15 is 0 Å². The second-order valence-electron chi connectivity index (χ2n) is 10.5. The number of ether oxygens (including phenoxy) is 1. The zero-order chi connectivity index (χ0) is 31.2. The van der Waals surface area contributed by atoms with Gasteiger partial charge in [0, 0.05) is 13.1 Å². The van der Waals surface area contributed by atoms with Gasteiger partial charge in [0.05, 0.1) is 18.5 Å². The number of carbonyl (C=O) groups excluding carboxylic acids is 5. The van der Waals surface area contributed by atoms with Gasteiger partial charge in [0.1, 0.15) is 12.6 Å². The smallest absolute Gasteiger partial charge is 0.414 e. The Balaban J connectivity index is 1.61. The molecule has 3 rings (SSSR count). The van der Waals surface area contributed by atoms with Crippen LogP contribution in [0.15, 0.2) is 60.7 Å². The Morgan fingerprint density at radius 1 is 1.02 bits per heavy atom. The van der Waals surface area contributed by atoms with Crippen LogP contribution in [0.2, 0.25) is 0 Å². The fourth-order valence-corrected chi connectivity index (χ4v) is 4.77. The monoisotopic (exact) mass is 595 g/mol. The highest BCUT2D eigenvalue weighted by molar-refractivity contribution is 5.95. The van der Waals surface area contributed by atoms with Crippen molar-refractivity contribution in [3.8, 4) is 0 Å². The second kappa shape index (κ2) is 17.0. The number of hydrogen-bond acceptors (Lipinski definition) is 8. The molecule has 4 atom stereocenters. The maximum atomic E-state index is 13.4. The number of benzene rings is 2. The number of nitrogens with two attached hydrogens (primary N) is 1. The van der Waals surface area contributed by atoms with E-state index in [9.17, 15) is 29.1 Å². The zero-order valence-corrected chi connectivity index (χ0v) is 24.4. The maximum Gasteiger partial charge on any atom is 0.414 e. The molecule has 12 heteroatoms. The first-order valence-electron chi connectivity index (χ1n) is 14.6. The van der Waals surface area contributed by atoms with Crippen molar-refractivity contribution in [2.75, 3.05) is 13.1 Å². The van der Waals surface area contributed by atoms with Gasteiger partial charge in [0.15, 0.2) is 6.10 Å². The van der Waals surface area contributed by atoms with E-state index in [1.54, 1.807) is 48.5 Å². The number of aliphatic hydroxyl groups is 1. The van der Waals surface area contributed by atoms with Crippen LogP contribution in [0.4, 0.5) is 4.79 Å². The van der Waals surface area contributed by atoms with Gasteiger partial charge in [-0.2, -0.15) is 0 Å². The van der Waals surface area contributed by atoms with Gasteiger partial charge in [-0.05, 0) is 36.8 Å². The molecule has 0 bridgehead atoms. The largest absolute Gasteiger partial charge is 0.444 e. The first-order chi connectivity index (χ1) is 20.7. The highest BCUT2D eigenvalue weighted by Gasteiger charge is 2.39. The molecule has 0 aliphatic carbocycles. The molecule has 232 valence electrons. The van der Waals surface area contributed by atoms with Crippen molar-refractivity contribution >= 4 is 29.7 Å². The van der Waals surface area contributed by atoms with Crippen LogP contribution in [0.3, 0.4) is 0 Å². The van der Waals surface area contributed by atoms with Crippen LogP contribution < -0.4 is 21.7 Å². The summed E-state index contributed by atoms with van der Waals surface area (Å²) in [6.07, 6.45) is -0.312. The lowest BCUT2D eigenvalue weighted by molar-refractivity contribution is -0.147. The molecular formula is C31H41N5O7. The van der Waals surface area contributed by atoms with E-state index in [-0.39, 0.29) is 18.9 Å². The molecular weight excluding hydrogens is 554 g/mol. The summed E-state index contributed by atoms with van der Waals surface area (Å²) >= 11 is 0. The number of nitrogens with zero attached hydrogens (tertiary/aromatic N) is 1. The van der Waals surface area contributed by atoms with Crippen molar-refractivity contribution in [3.05, 3.63) is 71.8 Å². The minimum absolute atomic E-state index is 0.0438. The van der Waals surface area contributed by atoms with E-state index < -0.39 is 54.5 Å². The molecule has 2 aromatic rings. The van der Waals surface area contributed by atoms with Crippen LogP contribution in [0.1, 0.15) is 50.2 Å². The van der Waals surface area contributed by atoms with Gasteiger partial charge >= 0.3 is 6.09 Å². The summed E-state index contributed by atoms with van der Waals surface area (Å²) in [5.74, 6) is -2.57. The first-order valence-corrected chi connectivity index (χ1v) is 14.6. The number of amides is 5. The summed E-state index contributed by atoms with van der Waals surface area (Å²) < 4.78 is 5.02. The second-order valence-corrected chi connectivity index (χ2v) is 10.5. The number of rotatable bonds is 14. The number of aliphatic hydroxyl groups excluding tert-OH is 1. The minimum atomic E-state index is -1.68. The van der Waals surface area contributed by atoms with E-state index in [0.29, 0.717) is 25.9 Å². The molecule has 0 spiro atoms. The van der Waals surface area contributed by atoms with Gasteiger partial charge in [-0.25, -0.2) is 4.79 Å². The highest BCUT2D eigenvalue weighted by Crippen LogP contribution is 2.20. The molecule has 0 saturated carbocycles. The summed E-state index contributed by atoms with van der Waals surface area (Å²) in [5, 5.41) is 18.7. The van der Waals surface area contributed by atoms with Crippen LogP contribution >= 0.6 is 0 Å². The molecule has 1 saturated heterocycles. The first kappa shape index (κ1) is 33.2. The third kappa shape index (κ3) is 10.5. The van der Waals surface area contributed by atoms with Gasteiger partial charge in [-0.15, -0.1) is 0 Å². The van der Waals surface area contributed by atoms with Crippen LogP contribution in [0.25, 0.3) is 0 Å². The van der Waals surface area contributed by atoms with Crippen LogP contribution in [-0.4, -0.2) is 77.0 Å². The van der Waals surface area contributed by atoms with E-state index in [1.165, 1.54) is 4.90 Å². The Morgan fingerprint density at radius 2 is 1.67 bits per heavy atom. The van der Waals surface area contributed by atoms with Crippen molar-refractivity contribution in [1.82, 2.24) is 20.9 Å². The van der Waals surface area contributed by atoms with Crippen LogP contribution in [-0.2, 0) is 36.9 Å². The van der Waals surface area contributed by atoms with E-state index in [1.807, 2.05) is 24.4 Å². The summed E-state index contributed by atoms with van der Waals surface area (Å²) in [6.45, 7) is 2.76. The van der Waals surface area contributed by atoms with Gasteiger partial charge in [-0.3, -0.25) is 24.5 Å². The lowest BCUT2D eigenvalue weighted by Crippen LogP contribution is -2.57. The van der Waals surface area contributed by atoms with Crippen molar-refractivity contribution in [1.29, 1.82) is 0 Å². The number of hydrogen-bond donors (Lipinski definition) is 5. The Labute approximate surface area is 251 Å². The highest BCUT2D eigenvalue weighted by atomic mass is 16.5. The minimum Gasteiger partial charge on any atom is -0.444 e. The molecule has 5 amide bonds. The Bertz CT molecular complexity index is 1230. The molecule has 1 heterocycles. The molecule has 12 nitrogen and oxygen atoms in total. The molecule has 2 aromatic carbocycles. The number of carbonyl (C=O) groups is 5. The fourth-order valence-electron chi connectivity index (χ4n) is 4.77. The SMILES string of the molecule is CCCCNC(=O)[C@@H]1CCCN1C(=O)C(O)C(Cc1ccccc1)NC(=O)[C@@H](N)CC(=O)NC(=O)OCc1ccccc1. The normalized spacial score (nSPS) is 16.4. The van der Waals surface area contributed by atoms with E-state index in [0.717, 1.165) is 24.0 Å². The Kier molecular flexibility index (Phi) is 13.1. The fraction of sp³-hybridized carbons (Fsp3) is 0.452. The number of unbranched alkanes of at least 4 members (excludes halogenated alkanes) is 1. The number of likely N-dealkylation sites (tertiary alicyclic amines) is 1. The quantitative estimate of drug-likeness (QED) is 0.202. The molecule has 1 fully saturated rings. The van der Waals surface area contributed by atoms with Crippen molar-refractivity contribution in [2.24, 2.45) is 5.73 Å². The summed E-state index contributed by atoms with van der Waals surface area (Å²) in [7, 11) is 0. The average molecular weight is 596 g/mol. The third-order valence-corrected chi connectivity index (χ3v) is 7.12. The predicted molar refractivity (Wildman–Crippen MR) is 158 cm³/mol. The predicted octanol–water partition coefficient (Wildman–Crippen LogP) is 1.15. The Hall–Kier alpha value is -4.29. The van der Waals surface area contributed by atoms with Crippen molar-refractivity contribution < 1.29 is 33.8 Å². The molecule has 1 aliphatic rings. The summed E-state index contributed by atoms with van der Waals surface area (Å²) in [4.78, 5) is 64.9. The van der Waals surface area contributed by atoms with Gasteiger partial charge in [0.25, 0.3) is 5.91 Å². The summed E-state index contributed by atoms with van der Waals surface area (Å²) in [5.41, 5.74) is 7.43. The topological polar surface area (TPSA) is 180 Å². The molecule has 0 radical (unpaired) electrons. The molecule has 1 aliphatic heterocycles. The van der Waals surface area contributed by atoms with E-state index in [2.05, 4.69) is 10.6 Å². The van der Waals surface area contributed by atoms with Crippen molar-refractivity contribution in [3.63, 3.8) is 0 Å². The molecule has 43 heavy (non-hydrogen) atoms. The Morgan fingerprint density at radius 3 is 2.33 bits per heavy atom. The number of alkyl carbamates (subject to hydrolysis) is 1. The molecule has 0 aromatic heterocycles. The van der Waals surface area contributed by atoms with E-state index in [4.69, 9.17) is 10.5 Å². The van der Waals surface area contributed by atoms with Gasteiger partial charge < -0.3 is 31.1 Å². The average Bonchev–Trinajstić information content (AvgIpc) is 3.50. The lowest BCUT2D eigenvalue weighted by atomic mass is 9.99. The van der Waals surface area contributed by atoms with Crippen molar-refractivity contribution in [2.45, 2.75) is 76.3 Å². The van der Waals surface area contributed by atoms with Gasteiger partial charge in [-0.1, -0.05) is 74.0 Å². The number of nitrogens with one attached hydrogen (secondary N) is 3. The van der Waals surface area contributed by atoms with Gasteiger partial charge in [0.2, 0.25) is 17.7 Å². The van der Waals surface area contributed by atoms with Crippen LogP contribution in [0.5, 0.6) is 0 Å². The lowest BCUT2D eigenvalue weighted by Gasteiger charge is -2.31. The molecule has 6 N–H and O–H groups in total. The third-order valence-electron chi connectivity index (χ3n) is 7.12. The summed E-state index contributed by atoms with van der Waals surface area (Å²) in [6, 6.07) is 14.6. The standard InChI is InChI=1S/C31H41N5O7/c1-2-3-16-33-29(40)25-15-10-17-36(25)30(41)27(38)24(18-21-11-6-4-7-12-21)34-28(39)23(32)19-26(37)35-31(42)43-20-22-13-8-5-9-14-22/h4-9,11-14,23-25,27,38H,2-3,10,15-20,32H2,1H3,(H,33,40)(H,34,39)(H,35,37,42)/t23-,24?,25-,27?/m0/s1. The molecule has 2 unspecified atom stereocenters. The maximum absolute atomic E-state index is 13.4.